The summed E-state index contributed by atoms with van der Waals surface area (Å²) in [7, 11) is 0. The van der Waals surface area contributed by atoms with Gasteiger partial charge in [0.25, 0.3) is 0 Å². The van der Waals surface area contributed by atoms with Crippen molar-refractivity contribution in [1.82, 2.24) is 0 Å². The largest absolute Gasteiger partial charge is 0.376 e. The first kappa shape index (κ1) is 14.9. The van der Waals surface area contributed by atoms with Crippen LogP contribution in [0.2, 0.25) is 0 Å². The zero-order chi connectivity index (χ0) is 11.7. The van der Waals surface area contributed by atoms with Gasteiger partial charge in [0.05, 0.1) is 31.5 Å². The Balaban J connectivity index is 3.39. The lowest BCUT2D eigenvalue weighted by Gasteiger charge is -2.18. The van der Waals surface area contributed by atoms with E-state index in [1.807, 2.05) is 27.7 Å². The van der Waals surface area contributed by atoms with E-state index in [-0.39, 0.29) is 18.3 Å². The maximum absolute atomic E-state index is 5.60. The topological polar surface area (TPSA) is 27.7 Å². The molecule has 15 heavy (non-hydrogen) atoms. The molecule has 0 heterocycles. The molecule has 0 fully saturated rings. The summed E-state index contributed by atoms with van der Waals surface area (Å²) in [6.07, 6.45) is 1.63. The van der Waals surface area contributed by atoms with Crippen molar-refractivity contribution in [2.45, 2.75) is 59.4 Å². The van der Waals surface area contributed by atoms with E-state index in [2.05, 4.69) is 6.92 Å². The fraction of sp³-hybridized carbons (Fsp3) is 1.00. The smallest absolute Gasteiger partial charge is 0.0781 e. The third-order valence-corrected chi connectivity index (χ3v) is 1.89. The van der Waals surface area contributed by atoms with Gasteiger partial charge in [-0.1, -0.05) is 6.92 Å². The predicted octanol–water partition coefficient (Wildman–Crippen LogP) is 2.63. The molecule has 0 saturated carbocycles. The first-order valence-corrected chi connectivity index (χ1v) is 5.91. The molecule has 0 radical (unpaired) electrons. The molecule has 2 unspecified atom stereocenters. The molecule has 3 heteroatoms. The van der Waals surface area contributed by atoms with Crippen LogP contribution in [0.25, 0.3) is 0 Å². The van der Waals surface area contributed by atoms with Crippen LogP contribution in [-0.4, -0.2) is 38.1 Å². The average Bonchev–Trinajstić information content (AvgIpc) is 2.20. The van der Waals surface area contributed by atoms with Crippen molar-refractivity contribution in [3.8, 4) is 0 Å². The Morgan fingerprint density at radius 3 is 1.87 bits per heavy atom. The summed E-state index contributed by atoms with van der Waals surface area (Å²) in [6, 6.07) is 0. The molecule has 0 aliphatic carbocycles. The number of rotatable bonds is 9. The summed E-state index contributed by atoms with van der Waals surface area (Å²) in [6.45, 7) is 12.3. The first-order valence-electron chi connectivity index (χ1n) is 5.91. The Bertz CT molecular complexity index is 137. The van der Waals surface area contributed by atoms with Crippen LogP contribution in [0, 0.1) is 0 Å². The van der Waals surface area contributed by atoms with Crippen LogP contribution in [0.4, 0.5) is 0 Å². The van der Waals surface area contributed by atoms with Gasteiger partial charge in [0.2, 0.25) is 0 Å². The maximum atomic E-state index is 5.60. The quantitative estimate of drug-likeness (QED) is 0.595. The highest BCUT2D eigenvalue weighted by atomic mass is 16.6. The van der Waals surface area contributed by atoms with E-state index in [0.29, 0.717) is 13.2 Å². The second-order valence-electron chi connectivity index (χ2n) is 4.21. The fourth-order valence-corrected chi connectivity index (χ4v) is 1.04. The lowest BCUT2D eigenvalue weighted by atomic mass is 10.4. The van der Waals surface area contributed by atoms with Gasteiger partial charge >= 0.3 is 0 Å². The summed E-state index contributed by atoms with van der Waals surface area (Å²) < 4.78 is 16.6. The minimum atomic E-state index is 0.139. The van der Waals surface area contributed by atoms with E-state index >= 15 is 0 Å². The van der Waals surface area contributed by atoms with Gasteiger partial charge in [-0.3, -0.25) is 0 Å². The molecular weight excluding hydrogens is 192 g/mol. The summed E-state index contributed by atoms with van der Waals surface area (Å²) in [5, 5.41) is 0. The molecule has 0 aromatic rings. The molecule has 2 atom stereocenters. The van der Waals surface area contributed by atoms with Gasteiger partial charge in [0.1, 0.15) is 0 Å². The Hall–Kier alpha value is -0.120. The highest BCUT2D eigenvalue weighted by molar-refractivity contribution is 4.53. The molecule has 0 aromatic heterocycles. The van der Waals surface area contributed by atoms with Gasteiger partial charge in [0.15, 0.2) is 0 Å². The predicted molar refractivity (Wildman–Crippen MR) is 62.2 cm³/mol. The van der Waals surface area contributed by atoms with E-state index in [0.717, 1.165) is 13.0 Å². The van der Waals surface area contributed by atoms with Crippen LogP contribution in [0.5, 0.6) is 0 Å². The molecule has 0 N–H and O–H groups in total. The van der Waals surface area contributed by atoms with Crippen LogP contribution in [0.15, 0.2) is 0 Å². The van der Waals surface area contributed by atoms with Gasteiger partial charge in [0, 0.05) is 6.61 Å². The van der Waals surface area contributed by atoms with Crippen LogP contribution in [0.3, 0.4) is 0 Å². The van der Waals surface area contributed by atoms with Crippen molar-refractivity contribution in [3.63, 3.8) is 0 Å². The normalized spacial score (nSPS) is 15.6. The molecule has 0 amide bonds. The van der Waals surface area contributed by atoms with Gasteiger partial charge in [-0.05, 0) is 34.1 Å². The molecule has 0 saturated heterocycles. The second kappa shape index (κ2) is 9.13. The number of ether oxygens (including phenoxy) is 3. The minimum absolute atomic E-state index is 0.139. The molecule has 92 valence electrons. The lowest BCUT2D eigenvalue weighted by Crippen LogP contribution is -2.24. The van der Waals surface area contributed by atoms with Gasteiger partial charge < -0.3 is 14.2 Å². The fourth-order valence-electron chi connectivity index (χ4n) is 1.04. The third-order valence-electron chi connectivity index (χ3n) is 1.89. The number of hydrogen-bond donors (Lipinski definition) is 0. The molecule has 0 rings (SSSR count). The SMILES string of the molecule is CCCOC(C)COC(C)COC(C)C. The first-order chi connectivity index (χ1) is 7.06. The maximum Gasteiger partial charge on any atom is 0.0781 e. The van der Waals surface area contributed by atoms with Crippen LogP contribution in [0.1, 0.15) is 41.0 Å². The molecule has 0 bridgehead atoms. The summed E-state index contributed by atoms with van der Waals surface area (Å²) in [5.41, 5.74) is 0. The monoisotopic (exact) mass is 218 g/mol. The molecule has 0 aliphatic rings. The van der Waals surface area contributed by atoms with Gasteiger partial charge in [-0.2, -0.15) is 0 Å². The van der Waals surface area contributed by atoms with Crippen LogP contribution < -0.4 is 0 Å². The van der Waals surface area contributed by atoms with Crippen molar-refractivity contribution in [1.29, 1.82) is 0 Å². The molecular formula is C12H26O3. The Kier molecular flexibility index (Phi) is 9.06. The zero-order valence-corrected chi connectivity index (χ0v) is 10.8. The minimum Gasteiger partial charge on any atom is -0.376 e. The van der Waals surface area contributed by atoms with Gasteiger partial charge in [-0.15, -0.1) is 0 Å². The number of hydrogen-bond acceptors (Lipinski definition) is 3. The van der Waals surface area contributed by atoms with Crippen molar-refractivity contribution in [3.05, 3.63) is 0 Å². The highest BCUT2D eigenvalue weighted by Crippen LogP contribution is 1.99. The molecule has 0 spiro atoms. The Morgan fingerprint density at radius 2 is 1.33 bits per heavy atom. The summed E-state index contributed by atoms with van der Waals surface area (Å²) in [5.74, 6) is 0. The van der Waals surface area contributed by atoms with Crippen molar-refractivity contribution >= 4 is 0 Å². The lowest BCUT2D eigenvalue weighted by molar-refractivity contribution is -0.0654. The highest BCUT2D eigenvalue weighted by Gasteiger charge is 2.07. The van der Waals surface area contributed by atoms with E-state index in [1.54, 1.807) is 0 Å². The van der Waals surface area contributed by atoms with Crippen molar-refractivity contribution in [2.75, 3.05) is 19.8 Å². The second-order valence-corrected chi connectivity index (χ2v) is 4.21. The van der Waals surface area contributed by atoms with Crippen molar-refractivity contribution in [2.24, 2.45) is 0 Å². The van der Waals surface area contributed by atoms with Crippen LogP contribution in [-0.2, 0) is 14.2 Å². The Morgan fingerprint density at radius 1 is 0.800 bits per heavy atom. The zero-order valence-electron chi connectivity index (χ0n) is 10.8. The molecule has 0 aromatic carbocycles. The van der Waals surface area contributed by atoms with E-state index in [9.17, 15) is 0 Å². The summed E-state index contributed by atoms with van der Waals surface area (Å²) >= 11 is 0. The standard InChI is InChI=1S/C12H26O3/c1-6-7-13-11(4)9-15-12(5)8-14-10(2)3/h10-12H,6-9H2,1-5H3. The summed E-state index contributed by atoms with van der Waals surface area (Å²) in [4.78, 5) is 0. The van der Waals surface area contributed by atoms with Crippen molar-refractivity contribution < 1.29 is 14.2 Å². The third kappa shape index (κ3) is 10.2. The Labute approximate surface area is 94.1 Å². The molecule has 3 nitrogen and oxygen atoms in total. The van der Waals surface area contributed by atoms with Crippen LogP contribution >= 0.6 is 0 Å². The van der Waals surface area contributed by atoms with E-state index < -0.39 is 0 Å². The van der Waals surface area contributed by atoms with E-state index in [4.69, 9.17) is 14.2 Å². The van der Waals surface area contributed by atoms with Gasteiger partial charge in [-0.25, -0.2) is 0 Å². The molecule has 0 aliphatic heterocycles. The van der Waals surface area contributed by atoms with E-state index in [1.165, 1.54) is 0 Å². The average molecular weight is 218 g/mol.